The average molecular weight is 627 g/mol. The minimum Gasteiger partial charge on any atom is -0.463 e. The fourth-order valence-corrected chi connectivity index (χ4v) is 8.89. The molecule has 0 unspecified atom stereocenters. The summed E-state index contributed by atoms with van der Waals surface area (Å²) in [6, 6.07) is 9.22. The first-order valence-corrected chi connectivity index (χ1v) is 16.3. The van der Waals surface area contributed by atoms with Crippen LogP contribution in [0.4, 0.5) is 0 Å². The molecule has 9 nitrogen and oxygen atoms in total. The van der Waals surface area contributed by atoms with E-state index in [0.29, 0.717) is 37.7 Å². The Labute approximate surface area is 261 Å². The fraction of sp³-hybridized carbons (Fsp3) is 0.333. The van der Waals surface area contributed by atoms with E-state index in [9.17, 15) is 14.9 Å². The smallest absolute Gasteiger partial charge is 0.338 e. The van der Waals surface area contributed by atoms with E-state index < -0.39 is 12.0 Å². The first-order chi connectivity index (χ1) is 21.3. The second kappa shape index (κ2) is 10.9. The molecule has 1 aromatic carbocycles. The predicted molar refractivity (Wildman–Crippen MR) is 167 cm³/mol. The van der Waals surface area contributed by atoms with Crippen molar-refractivity contribution < 1.29 is 19.0 Å². The van der Waals surface area contributed by atoms with Gasteiger partial charge in [-0.2, -0.15) is 5.26 Å². The van der Waals surface area contributed by atoms with Crippen molar-refractivity contribution in [2.24, 2.45) is 4.99 Å². The maximum atomic E-state index is 14.2. The van der Waals surface area contributed by atoms with Crippen LogP contribution >= 0.6 is 22.7 Å². The molecule has 4 aromatic rings. The van der Waals surface area contributed by atoms with Gasteiger partial charge in [-0.15, -0.1) is 11.3 Å². The van der Waals surface area contributed by atoms with Gasteiger partial charge < -0.3 is 18.8 Å². The average Bonchev–Trinajstić information content (AvgIpc) is 3.76. The Bertz CT molecular complexity index is 2120. The number of thiazole rings is 1. The summed E-state index contributed by atoms with van der Waals surface area (Å²) in [4.78, 5) is 33.9. The number of carbonyl (C=O) groups is 1. The molecular formula is C33H30N4O5S2. The summed E-state index contributed by atoms with van der Waals surface area (Å²) in [5.41, 5.74) is 6.07. The van der Waals surface area contributed by atoms with E-state index in [4.69, 9.17) is 19.2 Å². The Morgan fingerprint density at radius 2 is 1.95 bits per heavy atom. The van der Waals surface area contributed by atoms with Crippen LogP contribution in [0.25, 0.3) is 11.1 Å². The molecule has 0 radical (unpaired) electrons. The van der Waals surface area contributed by atoms with Crippen LogP contribution < -0.4 is 24.4 Å². The first-order valence-electron chi connectivity index (χ1n) is 14.6. The van der Waals surface area contributed by atoms with Gasteiger partial charge in [0.15, 0.2) is 16.3 Å². The van der Waals surface area contributed by atoms with Gasteiger partial charge in [0.2, 0.25) is 6.79 Å². The number of carbonyl (C=O) groups excluding carboxylic acids is 1. The highest BCUT2D eigenvalue weighted by Gasteiger charge is 2.34. The molecule has 0 saturated carbocycles. The van der Waals surface area contributed by atoms with Crippen molar-refractivity contribution in [2.45, 2.75) is 59.4 Å². The largest absolute Gasteiger partial charge is 0.463 e. The van der Waals surface area contributed by atoms with Crippen molar-refractivity contribution in [3.05, 3.63) is 93.7 Å². The molecule has 0 amide bonds. The summed E-state index contributed by atoms with van der Waals surface area (Å²) in [6.07, 6.45) is 6.11. The van der Waals surface area contributed by atoms with Crippen molar-refractivity contribution in [3.8, 4) is 22.6 Å². The van der Waals surface area contributed by atoms with Crippen LogP contribution in [0.2, 0.25) is 0 Å². The molecule has 1 atom stereocenters. The zero-order valence-electron chi connectivity index (χ0n) is 24.9. The Balaban J connectivity index is 1.38. The fourth-order valence-electron chi connectivity index (χ4n) is 6.40. The number of hydrogen-bond donors (Lipinski definition) is 0. The Morgan fingerprint density at radius 3 is 2.75 bits per heavy atom. The van der Waals surface area contributed by atoms with Crippen molar-refractivity contribution >= 4 is 34.7 Å². The van der Waals surface area contributed by atoms with Gasteiger partial charge in [-0.05, 0) is 94.3 Å². The van der Waals surface area contributed by atoms with E-state index >= 15 is 0 Å². The monoisotopic (exact) mass is 626 g/mol. The molecule has 2 aliphatic heterocycles. The molecule has 7 rings (SSSR count). The number of rotatable bonds is 5. The zero-order chi connectivity index (χ0) is 30.7. The number of thiophene rings is 1. The molecule has 0 fully saturated rings. The number of hydrogen-bond acceptors (Lipinski definition) is 9. The molecule has 3 aliphatic rings. The number of allylic oxidation sites excluding steroid dienone is 1. The summed E-state index contributed by atoms with van der Waals surface area (Å²) in [5, 5.41) is 11.0. The van der Waals surface area contributed by atoms with E-state index in [1.54, 1.807) is 35.8 Å². The predicted octanol–water partition coefficient (Wildman–Crippen LogP) is 4.75. The molecule has 0 saturated heterocycles. The van der Waals surface area contributed by atoms with Crippen LogP contribution in [0.1, 0.15) is 71.2 Å². The zero-order valence-corrected chi connectivity index (χ0v) is 26.5. The third-order valence-corrected chi connectivity index (χ3v) is 10.7. The standard InChI is InChI=1S/C33H30N4O5S2/c1-5-40-32(39)28-18(3)35-33-37(29(28)20-10-11-24-25(13-20)42-16-41-24)30(38)27(44-33)14-21-12-17(2)36(19(21)4)31-23(15-34)22-8-6-7-9-26(22)43-31/h10-14,29H,5-9,16H2,1-4H3/b27-14+/t29-/m1/s1. The highest BCUT2D eigenvalue weighted by Crippen LogP contribution is 2.39. The second-order valence-electron chi connectivity index (χ2n) is 11.1. The van der Waals surface area contributed by atoms with Gasteiger partial charge in [0, 0.05) is 16.3 Å². The van der Waals surface area contributed by atoms with Crippen LogP contribution in [-0.2, 0) is 22.4 Å². The van der Waals surface area contributed by atoms with E-state index in [1.807, 2.05) is 32.1 Å². The minimum atomic E-state index is -0.745. The van der Waals surface area contributed by atoms with Gasteiger partial charge in [0.1, 0.15) is 11.1 Å². The quantitative estimate of drug-likeness (QED) is 0.296. The number of nitriles is 1. The second-order valence-corrected chi connectivity index (χ2v) is 13.2. The van der Waals surface area contributed by atoms with Crippen LogP contribution in [0.15, 0.2) is 45.3 Å². The maximum absolute atomic E-state index is 14.2. The van der Waals surface area contributed by atoms with E-state index in [2.05, 4.69) is 16.7 Å². The van der Waals surface area contributed by atoms with Gasteiger partial charge in [0.25, 0.3) is 5.56 Å². The normalized spacial score (nSPS) is 17.2. The number of nitrogens with zero attached hydrogens (tertiary/aromatic N) is 4. The van der Waals surface area contributed by atoms with Gasteiger partial charge in [-0.25, -0.2) is 9.79 Å². The van der Waals surface area contributed by atoms with Crippen LogP contribution in [0.3, 0.4) is 0 Å². The lowest BCUT2D eigenvalue weighted by Gasteiger charge is -2.24. The third-order valence-electron chi connectivity index (χ3n) is 8.45. The van der Waals surface area contributed by atoms with Crippen LogP contribution in [0.5, 0.6) is 11.5 Å². The number of aryl methyl sites for hydroxylation is 2. The number of aromatic nitrogens is 2. The summed E-state index contributed by atoms with van der Waals surface area (Å²) in [6.45, 7) is 7.88. The molecule has 0 bridgehead atoms. The number of esters is 1. The molecule has 1 aliphatic carbocycles. The summed E-state index contributed by atoms with van der Waals surface area (Å²) in [7, 11) is 0. The van der Waals surface area contributed by atoms with E-state index in [0.717, 1.165) is 53.2 Å². The summed E-state index contributed by atoms with van der Waals surface area (Å²) in [5.74, 6) is 0.657. The van der Waals surface area contributed by atoms with Gasteiger partial charge in [0.05, 0.1) is 34.0 Å². The van der Waals surface area contributed by atoms with Crippen LogP contribution in [-0.4, -0.2) is 28.5 Å². The number of fused-ring (bicyclic) bond motifs is 3. The van der Waals surface area contributed by atoms with E-state index in [-0.39, 0.29) is 19.0 Å². The van der Waals surface area contributed by atoms with Crippen molar-refractivity contribution in [1.29, 1.82) is 5.26 Å². The Hall–Kier alpha value is -4.40. The topological polar surface area (TPSA) is 108 Å². The molecule has 11 heteroatoms. The molecule has 0 N–H and O–H groups in total. The van der Waals surface area contributed by atoms with Crippen molar-refractivity contribution in [3.63, 3.8) is 0 Å². The third kappa shape index (κ3) is 4.43. The summed E-state index contributed by atoms with van der Waals surface area (Å²) >= 11 is 2.99. The first kappa shape index (κ1) is 28.4. The summed E-state index contributed by atoms with van der Waals surface area (Å²) < 4.78 is 20.8. The lowest BCUT2D eigenvalue weighted by atomic mass is 9.95. The molecular weight excluding hydrogens is 597 g/mol. The van der Waals surface area contributed by atoms with Crippen molar-refractivity contribution in [1.82, 2.24) is 9.13 Å². The van der Waals surface area contributed by atoms with Gasteiger partial charge >= 0.3 is 5.97 Å². The Kier molecular flexibility index (Phi) is 7.06. The Morgan fingerprint density at radius 1 is 1.16 bits per heavy atom. The number of benzene rings is 1. The highest BCUT2D eigenvalue weighted by atomic mass is 32.1. The lowest BCUT2D eigenvalue weighted by molar-refractivity contribution is -0.139. The van der Waals surface area contributed by atoms with Crippen molar-refractivity contribution in [2.75, 3.05) is 13.4 Å². The van der Waals surface area contributed by atoms with Crippen LogP contribution in [0, 0.1) is 25.2 Å². The van der Waals surface area contributed by atoms with E-state index in [1.165, 1.54) is 21.8 Å². The number of ether oxygens (including phenoxy) is 3. The molecule has 44 heavy (non-hydrogen) atoms. The molecule has 0 spiro atoms. The molecule has 3 aromatic heterocycles. The van der Waals surface area contributed by atoms with Gasteiger partial charge in [-0.3, -0.25) is 9.36 Å². The van der Waals surface area contributed by atoms with Gasteiger partial charge in [-0.1, -0.05) is 17.4 Å². The SMILES string of the molecule is CCOC(=O)C1=C(C)N=c2s/c(=C/c3cc(C)n(-c4sc5c(c4C#N)CCCC5)c3C)c(=O)n2[C@@H]1c1ccc2c(c1)OCO2. The lowest BCUT2D eigenvalue weighted by Crippen LogP contribution is -2.39. The maximum Gasteiger partial charge on any atom is 0.338 e. The highest BCUT2D eigenvalue weighted by molar-refractivity contribution is 7.15. The molecule has 224 valence electrons. The minimum absolute atomic E-state index is 0.115. The molecule has 5 heterocycles.